The Labute approximate surface area is 190 Å². The Morgan fingerprint density at radius 1 is 1.16 bits per heavy atom. The summed E-state index contributed by atoms with van der Waals surface area (Å²) in [5.41, 5.74) is 5.63. The van der Waals surface area contributed by atoms with Crippen molar-refractivity contribution in [2.75, 3.05) is 13.1 Å². The molecule has 0 saturated carbocycles. The molecule has 1 unspecified atom stereocenters. The zero-order valence-corrected chi connectivity index (χ0v) is 18.9. The molecule has 0 spiro atoms. The average Bonchev–Trinajstić information content (AvgIpc) is 3.39. The number of rotatable bonds is 5. The van der Waals surface area contributed by atoms with Gasteiger partial charge in [0.15, 0.2) is 4.96 Å². The molecule has 1 N–H and O–H groups in total. The van der Waals surface area contributed by atoms with Crippen molar-refractivity contribution < 1.29 is 9.59 Å². The topological polar surface area (TPSA) is 66.7 Å². The van der Waals surface area contributed by atoms with Crippen molar-refractivity contribution in [2.45, 2.75) is 26.3 Å². The highest BCUT2D eigenvalue weighted by Gasteiger charge is 2.34. The molecule has 1 fully saturated rings. The van der Waals surface area contributed by atoms with E-state index in [2.05, 4.69) is 42.3 Å². The van der Waals surface area contributed by atoms with E-state index >= 15 is 0 Å². The number of imidazole rings is 1. The first-order chi connectivity index (χ1) is 15.5. The SMILES string of the molecule is Cc1ccc(-c2ccccc2C(=O)N2CCC2CNC(=O)c2cnc3sccn23)cc1C. The van der Waals surface area contributed by atoms with Crippen LogP contribution in [0.1, 0.15) is 38.4 Å². The maximum absolute atomic E-state index is 13.4. The Hall–Kier alpha value is -3.45. The minimum atomic E-state index is -0.175. The van der Waals surface area contributed by atoms with Gasteiger partial charge in [0.1, 0.15) is 5.69 Å². The summed E-state index contributed by atoms with van der Waals surface area (Å²) in [7, 11) is 0. The molecule has 2 aromatic carbocycles. The van der Waals surface area contributed by atoms with Crippen molar-refractivity contribution in [1.29, 1.82) is 0 Å². The summed E-state index contributed by atoms with van der Waals surface area (Å²) in [6.07, 6.45) is 4.30. The van der Waals surface area contributed by atoms with Gasteiger partial charge in [-0.1, -0.05) is 36.4 Å². The van der Waals surface area contributed by atoms with Crippen LogP contribution < -0.4 is 5.32 Å². The minimum Gasteiger partial charge on any atom is -0.349 e. The number of nitrogens with one attached hydrogen (secondary N) is 1. The summed E-state index contributed by atoms with van der Waals surface area (Å²) in [5, 5.41) is 4.88. The Morgan fingerprint density at radius 3 is 2.78 bits per heavy atom. The van der Waals surface area contributed by atoms with Crippen LogP contribution in [0.25, 0.3) is 16.1 Å². The molecule has 3 heterocycles. The van der Waals surface area contributed by atoms with E-state index in [0.29, 0.717) is 24.3 Å². The van der Waals surface area contributed by atoms with E-state index in [4.69, 9.17) is 0 Å². The molecule has 1 aliphatic heterocycles. The van der Waals surface area contributed by atoms with Crippen LogP contribution in [0, 0.1) is 13.8 Å². The van der Waals surface area contributed by atoms with E-state index in [9.17, 15) is 9.59 Å². The number of carbonyl (C=O) groups excluding carboxylic acids is 2. The quantitative estimate of drug-likeness (QED) is 0.498. The second kappa shape index (κ2) is 8.24. The minimum absolute atomic E-state index is 0.00825. The van der Waals surface area contributed by atoms with Gasteiger partial charge < -0.3 is 10.2 Å². The number of amides is 2. The number of likely N-dealkylation sites (tertiary alicyclic amines) is 1. The van der Waals surface area contributed by atoms with Crippen LogP contribution in [0.4, 0.5) is 0 Å². The molecule has 162 valence electrons. The summed E-state index contributed by atoms with van der Waals surface area (Å²) in [5.74, 6) is -0.167. The summed E-state index contributed by atoms with van der Waals surface area (Å²) < 4.78 is 1.78. The fraction of sp³-hybridized carbons (Fsp3) is 0.240. The maximum Gasteiger partial charge on any atom is 0.270 e. The van der Waals surface area contributed by atoms with Gasteiger partial charge in [0.2, 0.25) is 0 Å². The molecule has 32 heavy (non-hydrogen) atoms. The third-order valence-electron chi connectivity index (χ3n) is 6.26. The second-order valence-corrected chi connectivity index (χ2v) is 9.07. The van der Waals surface area contributed by atoms with Crippen molar-refractivity contribution >= 4 is 28.1 Å². The van der Waals surface area contributed by atoms with Crippen LogP contribution >= 0.6 is 11.3 Å². The van der Waals surface area contributed by atoms with Crippen LogP contribution in [-0.2, 0) is 0 Å². The number of hydrogen-bond donors (Lipinski definition) is 1. The molecule has 0 radical (unpaired) electrons. The molecular formula is C25H24N4O2S. The highest BCUT2D eigenvalue weighted by Crippen LogP contribution is 2.29. The smallest absolute Gasteiger partial charge is 0.270 e. The normalized spacial score (nSPS) is 15.6. The van der Waals surface area contributed by atoms with Gasteiger partial charge in [0.25, 0.3) is 11.8 Å². The van der Waals surface area contributed by atoms with Gasteiger partial charge in [0, 0.05) is 30.2 Å². The lowest BCUT2D eigenvalue weighted by molar-refractivity contribution is 0.0456. The van der Waals surface area contributed by atoms with Gasteiger partial charge in [-0.25, -0.2) is 4.98 Å². The third kappa shape index (κ3) is 3.58. The largest absolute Gasteiger partial charge is 0.349 e. The summed E-state index contributed by atoms with van der Waals surface area (Å²) in [6, 6.07) is 14.0. The van der Waals surface area contributed by atoms with Crippen molar-refractivity contribution in [1.82, 2.24) is 19.6 Å². The number of benzene rings is 2. The highest BCUT2D eigenvalue weighted by molar-refractivity contribution is 7.15. The third-order valence-corrected chi connectivity index (χ3v) is 7.03. The highest BCUT2D eigenvalue weighted by atomic mass is 32.1. The Balaban J connectivity index is 1.31. The first-order valence-corrected chi connectivity index (χ1v) is 11.6. The lowest BCUT2D eigenvalue weighted by Gasteiger charge is -2.41. The van der Waals surface area contributed by atoms with E-state index in [1.807, 2.05) is 40.7 Å². The molecule has 1 aliphatic rings. The van der Waals surface area contributed by atoms with Gasteiger partial charge >= 0.3 is 0 Å². The van der Waals surface area contributed by atoms with Gasteiger partial charge in [0.05, 0.1) is 12.2 Å². The van der Waals surface area contributed by atoms with Crippen LogP contribution in [0.15, 0.2) is 60.2 Å². The molecule has 5 rings (SSSR count). The zero-order valence-electron chi connectivity index (χ0n) is 18.0. The van der Waals surface area contributed by atoms with E-state index in [0.717, 1.165) is 22.5 Å². The predicted molar refractivity (Wildman–Crippen MR) is 126 cm³/mol. The number of thiazole rings is 1. The number of nitrogens with zero attached hydrogens (tertiary/aromatic N) is 3. The molecule has 4 aromatic rings. The lowest BCUT2D eigenvalue weighted by Crippen LogP contribution is -2.56. The molecule has 0 aliphatic carbocycles. The number of aromatic nitrogens is 2. The number of fused-ring (bicyclic) bond motifs is 1. The van der Waals surface area contributed by atoms with Crippen molar-refractivity contribution in [3.8, 4) is 11.1 Å². The Morgan fingerprint density at radius 2 is 2.00 bits per heavy atom. The van der Waals surface area contributed by atoms with Gasteiger partial charge in [-0.2, -0.15) is 0 Å². The predicted octanol–water partition coefficient (Wildman–Crippen LogP) is 4.32. The second-order valence-electron chi connectivity index (χ2n) is 8.19. The molecule has 1 saturated heterocycles. The van der Waals surface area contributed by atoms with Crippen LogP contribution in [-0.4, -0.2) is 45.2 Å². The average molecular weight is 445 g/mol. The van der Waals surface area contributed by atoms with Crippen molar-refractivity contribution in [3.05, 3.63) is 82.6 Å². The molecular weight excluding hydrogens is 420 g/mol. The fourth-order valence-corrected chi connectivity index (χ4v) is 4.79. The summed E-state index contributed by atoms with van der Waals surface area (Å²) >= 11 is 1.49. The van der Waals surface area contributed by atoms with E-state index < -0.39 is 0 Å². The van der Waals surface area contributed by atoms with Crippen LogP contribution in [0.5, 0.6) is 0 Å². The standard InChI is InChI=1S/C25H24N4O2S/c1-16-7-8-18(13-17(16)2)20-5-3-4-6-21(20)24(31)28-10-9-19(28)14-26-23(30)22-15-27-25-29(22)11-12-32-25/h3-8,11-13,15,19H,9-10,14H2,1-2H3,(H,26,30). The zero-order chi connectivity index (χ0) is 22.2. The van der Waals surface area contributed by atoms with Crippen molar-refractivity contribution in [3.63, 3.8) is 0 Å². The Bertz CT molecular complexity index is 1320. The van der Waals surface area contributed by atoms with E-state index in [1.165, 1.54) is 22.5 Å². The van der Waals surface area contributed by atoms with Crippen LogP contribution in [0.3, 0.4) is 0 Å². The number of hydrogen-bond acceptors (Lipinski definition) is 4. The van der Waals surface area contributed by atoms with Crippen LogP contribution in [0.2, 0.25) is 0 Å². The summed E-state index contributed by atoms with van der Waals surface area (Å²) in [6.45, 7) is 5.29. The number of carbonyl (C=O) groups is 2. The molecule has 2 aromatic heterocycles. The molecule has 0 bridgehead atoms. The fourth-order valence-electron chi connectivity index (χ4n) is 4.10. The van der Waals surface area contributed by atoms with Gasteiger partial charge in [-0.05, 0) is 48.6 Å². The Kier molecular flexibility index (Phi) is 5.27. The van der Waals surface area contributed by atoms with Gasteiger partial charge in [-0.15, -0.1) is 11.3 Å². The van der Waals surface area contributed by atoms with E-state index in [1.54, 1.807) is 10.6 Å². The summed E-state index contributed by atoms with van der Waals surface area (Å²) in [4.78, 5) is 32.9. The molecule has 1 atom stereocenters. The molecule has 6 nitrogen and oxygen atoms in total. The lowest BCUT2D eigenvalue weighted by atomic mass is 9.94. The maximum atomic E-state index is 13.4. The first kappa shape index (κ1) is 20.5. The van der Waals surface area contributed by atoms with E-state index in [-0.39, 0.29) is 17.9 Å². The monoisotopic (exact) mass is 444 g/mol. The first-order valence-electron chi connectivity index (χ1n) is 10.7. The van der Waals surface area contributed by atoms with Crippen molar-refractivity contribution in [2.24, 2.45) is 0 Å². The number of aryl methyl sites for hydroxylation is 2. The molecule has 2 amide bonds. The molecule has 7 heteroatoms. The van der Waals surface area contributed by atoms with Gasteiger partial charge in [-0.3, -0.25) is 14.0 Å².